The van der Waals surface area contributed by atoms with Gasteiger partial charge in [0.05, 0.1) is 11.8 Å². The molecular weight excluding hydrogens is 432 g/mol. The monoisotopic (exact) mass is 456 g/mol. The largest absolute Gasteiger partial charge is 0.511 e. The molecule has 168 valence electrons. The van der Waals surface area contributed by atoms with Crippen LogP contribution in [0, 0.1) is 0 Å². The molecule has 1 unspecified atom stereocenters. The Kier molecular flexibility index (Phi) is 7.88. The number of aromatic nitrogens is 1. The maximum Gasteiger partial charge on any atom is 0.219 e. The molecule has 9 heteroatoms. The van der Waals surface area contributed by atoms with Crippen LogP contribution in [0.5, 0.6) is 11.6 Å². The summed E-state index contributed by atoms with van der Waals surface area (Å²) < 4.78 is 17.3. The number of pyridine rings is 1. The predicted molar refractivity (Wildman–Crippen MR) is 119 cm³/mol. The molecule has 1 N–H and O–H groups in total. The number of benzene rings is 1. The summed E-state index contributed by atoms with van der Waals surface area (Å²) >= 11 is 0. The Balaban J connectivity index is 1.71. The lowest BCUT2D eigenvalue weighted by Crippen LogP contribution is -2.26. The fourth-order valence-corrected chi connectivity index (χ4v) is 3.82. The molecule has 0 amide bonds. The molecule has 0 saturated heterocycles. The molecule has 3 rings (SSSR count). The van der Waals surface area contributed by atoms with Crippen molar-refractivity contribution in [3.8, 4) is 11.6 Å². The Morgan fingerprint density at radius 3 is 2.50 bits per heavy atom. The van der Waals surface area contributed by atoms with E-state index in [2.05, 4.69) is 10.1 Å². The van der Waals surface area contributed by atoms with E-state index < -0.39 is 28.3 Å². The van der Waals surface area contributed by atoms with Crippen LogP contribution < -0.4 is 4.74 Å². The molecule has 1 aliphatic rings. The first-order valence-electron chi connectivity index (χ1n) is 10.1. The SMILES string of the molecule is CCON=CCC(O)=C1C(=O)CC(c2cccc(Oc3ccc(S(C)=O)cc3)n2)CC1=O. The zero-order chi connectivity index (χ0) is 23.1. The van der Waals surface area contributed by atoms with Gasteiger partial charge in [0.15, 0.2) is 11.6 Å². The van der Waals surface area contributed by atoms with Crippen molar-refractivity contribution in [1.29, 1.82) is 0 Å². The maximum absolute atomic E-state index is 12.6. The van der Waals surface area contributed by atoms with Gasteiger partial charge in [-0.1, -0.05) is 11.2 Å². The zero-order valence-electron chi connectivity index (χ0n) is 17.8. The number of rotatable bonds is 8. The number of aliphatic hydroxyl groups excluding tert-OH is 1. The van der Waals surface area contributed by atoms with E-state index in [9.17, 15) is 18.9 Å². The molecule has 1 saturated carbocycles. The predicted octanol–water partition coefficient (Wildman–Crippen LogP) is 3.85. The van der Waals surface area contributed by atoms with E-state index in [1.807, 2.05) is 0 Å². The second-order valence-corrected chi connectivity index (χ2v) is 8.49. The van der Waals surface area contributed by atoms with Crippen LogP contribution in [0.1, 0.15) is 37.8 Å². The van der Waals surface area contributed by atoms with Gasteiger partial charge in [-0.2, -0.15) is 0 Å². The average Bonchev–Trinajstić information content (AvgIpc) is 2.77. The Labute approximate surface area is 188 Å². The number of carbonyl (C=O) groups is 2. The Morgan fingerprint density at radius 2 is 1.88 bits per heavy atom. The summed E-state index contributed by atoms with van der Waals surface area (Å²) in [4.78, 5) is 35.1. The highest BCUT2D eigenvalue weighted by molar-refractivity contribution is 7.84. The summed E-state index contributed by atoms with van der Waals surface area (Å²) in [7, 11) is -1.08. The van der Waals surface area contributed by atoms with Crippen molar-refractivity contribution in [1.82, 2.24) is 4.98 Å². The normalized spacial score (nSPS) is 17.4. The topological polar surface area (TPSA) is 115 Å². The van der Waals surface area contributed by atoms with Crippen LogP contribution in [0.3, 0.4) is 0 Å². The number of hydrogen-bond acceptors (Lipinski definition) is 8. The molecule has 2 aromatic rings. The van der Waals surface area contributed by atoms with Gasteiger partial charge in [0.25, 0.3) is 0 Å². The number of Topliss-reactive ketones (excluding diaryl/α,β-unsaturated/α-hetero) is 2. The first kappa shape index (κ1) is 23.3. The lowest BCUT2D eigenvalue weighted by molar-refractivity contribution is -0.124. The molecule has 1 atom stereocenters. The molecule has 1 aromatic carbocycles. The van der Waals surface area contributed by atoms with Crippen LogP contribution in [-0.2, 0) is 25.2 Å². The number of carbonyl (C=O) groups excluding carboxylic acids is 2. The van der Waals surface area contributed by atoms with Gasteiger partial charge in [-0.05, 0) is 37.3 Å². The van der Waals surface area contributed by atoms with Crippen molar-refractivity contribution in [2.24, 2.45) is 5.16 Å². The van der Waals surface area contributed by atoms with Crippen LogP contribution in [0.4, 0.5) is 0 Å². The molecule has 1 aromatic heterocycles. The van der Waals surface area contributed by atoms with Crippen molar-refractivity contribution < 1.29 is 28.5 Å². The Bertz CT molecular complexity index is 1060. The summed E-state index contributed by atoms with van der Waals surface area (Å²) in [6, 6.07) is 12.0. The highest BCUT2D eigenvalue weighted by Gasteiger charge is 2.34. The first-order valence-corrected chi connectivity index (χ1v) is 11.7. The van der Waals surface area contributed by atoms with Crippen LogP contribution in [-0.4, -0.2) is 44.9 Å². The second-order valence-electron chi connectivity index (χ2n) is 7.11. The van der Waals surface area contributed by atoms with E-state index in [1.54, 1.807) is 55.6 Å². The van der Waals surface area contributed by atoms with E-state index in [-0.39, 0.29) is 30.6 Å². The van der Waals surface area contributed by atoms with Crippen molar-refractivity contribution in [3.63, 3.8) is 0 Å². The van der Waals surface area contributed by atoms with E-state index in [0.717, 1.165) is 0 Å². The van der Waals surface area contributed by atoms with Gasteiger partial charge in [-0.15, -0.1) is 0 Å². The molecule has 1 fully saturated rings. The van der Waals surface area contributed by atoms with Crippen LogP contribution >= 0.6 is 0 Å². The summed E-state index contributed by atoms with van der Waals surface area (Å²) in [6.45, 7) is 2.15. The lowest BCUT2D eigenvalue weighted by atomic mass is 9.81. The van der Waals surface area contributed by atoms with Crippen molar-refractivity contribution >= 4 is 28.6 Å². The minimum atomic E-state index is -1.08. The molecule has 8 nitrogen and oxygen atoms in total. The number of nitrogens with zero attached hydrogens (tertiary/aromatic N) is 2. The standard InChI is InChI=1S/C23H24N2O6S/c1-3-30-24-12-11-19(26)23-20(27)13-15(14-21(23)28)18-5-4-6-22(25-18)31-16-7-9-17(10-8-16)32(2)29/h4-10,12,15,26H,3,11,13-14H2,1-2H3. The number of ketones is 2. The van der Waals surface area contributed by atoms with E-state index in [1.165, 1.54) is 6.21 Å². The zero-order valence-corrected chi connectivity index (χ0v) is 18.6. The quantitative estimate of drug-likeness (QED) is 0.211. The van der Waals surface area contributed by atoms with Crippen LogP contribution in [0.2, 0.25) is 0 Å². The third-order valence-corrected chi connectivity index (χ3v) is 5.75. The fraction of sp³-hybridized carbons (Fsp3) is 0.304. The molecule has 0 radical (unpaired) electrons. The minimum absolute atomic E-state index is 0.0521. The summed E-state index contributed by atoms with van der Waals surface area (Å²) in [6.07, 6.45) is 2.97. The molecule has 0 bridgehead atoms. The lowest BCUT2D eigenvalue weighted by Gasteiger charge is -2.22. The molecular formula is C23H24N2O6S. The highest BCUT2D eigenvalue weighted by Crippen LogP contribution is 2.33. The minimum Gasteiger partial charge on any atom is -0.511 e. The van der Waals surface area contributed by atoms with E-state index in [4.69, 9.17) is 9.57 Å². The van der Waals surface area contributed by atoms with Gasteiger partial charge in [0.2, 0.25) is 5.88 Å². The van der Waals surface area contributed by atoms with Gasteiger partial charge >= 0.3 is 0 Å². The second kappa shape index (κ2) is 10.8. The number of oxime groups is 1. The molecule has 0 aliphatic heterocycles. The number of aliphatic hydroxyl groups is 1. The van der Waals surface area contributed by atoms with Crippen molar-refractivity contribution in [2.45, 2.75) is 37.0 Å². The number of allylic oxidation sites excluding steroid dienone is 2. The van der Waals surface area contributed by atoms with Gasteiger partial charge in [0, 0.05) is 58.9 Å². The third kappa shape index (κ3) is 5.88. The summed E-state index contributed by atoms with van der Waals surface area (Å²) in [5, 5.41) is 13.8. The summed E-state index contributed by atoms with van der Waals surface area (Å²) in [5.41, 5.74) is 0.386. The van der Waals surface area contributed by atoms with Crippen LogP contribution in [0.25, 0.3) is 0 Å². The fourth-order valence-electron chi connectivity index (χ4n) is 3.30. The average molecular weight is 457 g/mol. The van der Waals surface area contributed by atoms with Gasteiger partial charge in [-0.25, -0.2) is 4.98 Å². The molecule has 1 aliphatic carbocycles. The van der Waals surface area contributed by atoms with Gasteiger partial charge in [0.1, 0.15) is 18.1 Å². The summed E-state index contributed by atoms with van der Waals surface area (Å²) in [5.74, 6) is -0.706. The van der Waals surface area contributed by atoms with E-state index >= 15 is 0 Å². The third-order valence-electron chi connectivity index (χ3n) is 4.81. The van der Waals surface area contributed by atoms with E-state index in [0.29, 0.717) is 28.8 Å². The van der Waals surface area contributed by atoms with Crippen molar-refractivity contribution in [2.75, 3.05) is 12.9 Å². The molecule has 1 heterocycles. The van der Waals surface area contributed by atoms with Gasteiger partial charge < -0.3 is 14.7 Å². The number of hydrogen-bond donors (Lipinski definition) is 1. The van der Waals surface area contributed by atoms with Crippen LogP contribution in [0.15, 0.2) is 63.8 Å². The highest BCUT2D eigenvalue weighted by atomic mass is 32.2. The van der Waals surface area contributed by atoms with Gasteiger partial charge in [-0.3, -0.25) is 13.8 Å². The Morgan fingerprint density at radius 1 is 1.19 bits per heavy atom. The van der Waals surface area contributed by atoms with Crippen molar-refractivity contribution in [3.05, 3.63) is 59.5 Å². The smallest absolute Gasteiger partial charge is 0.219 e. The number of ether oxygens (including phenoxy) is 1. The molecule has 32 heavy (non-hydrogen) atoms. The Hall–Kier alpha value is -3.33. The maximum atomic E-state index is 12.6. The molecule has 0 spiro atoms. The first-order chi connectivity index (χ1) is 15.4.